The van der Waals surface area contributed by atoms with Crippen LogP contribution in [0, 0.1) is 5.92 Å². The van der Waals surface area contributed by atoms with Crippen molar-refractivity contribution in [2.75, 3.05) is 52.2 Å². The summed E-state index contributed by atoms with van der Waals surface area (Å²) < 4.78 is 61.4. The summed E-state index contributed by atoms with van der Waals surface area (Å²) in [5.74, 6) is 0.701. The third-order valence-electron chi connectivity index (χ3n) is 5.15. The van der Waals surface area contributed by atoms with Gasteiger partial charge in [-0.3, -0.25) is 4.99 Å². The molecule has 1 saturated heterocycles. The predicted molar refractivity (Wildman–Crippen MR) is 129 cm³/mol. The van der Waals surface area contributed by atoms with Gasteiger partial charge in [-0.25, -0.2) is 8.42 Å². The Hall–Kier alpha value is -1.28. The molecular formula is C19H31F3IN5O2S. The fourth-order valence-corrected chi connectivity index (χ4v) is 4.23. The van der Waals surface area contributed by atoms with Crippen molar-refractivity contribution in [2.45, 2.75) is 24.8 Å². The standard InChI is InChI=1S/C19H30F3N5O2S.HI/c1-23-18(24-11-8-15-4-6-17(7-5-15)26(2)3)25-14-16-9-12-27(13-10-16)30(28,29)19(20,21)22;/h4-7,16H,8-14H2,1-3H3,(H2,23,24,25);1H. The lowest BCUT2D eigenvalue weighted by Gasteiger charge is -2.31. The first kappa shape index (κ1) is 27.8. The fourth-order valence-electron chi connectivity index (χ4n) is 3.25. The predicted octanol–water partition coefficient (Wildman–Crippen LogP) is 2.64. The summed E-state index contributed by atoms with van der Waals surface area (Å²) in [6.07, 6.45) is 1.57. The molecule has 1 fully saturated rings. The van der Waals surface area contributed by atoms with Crippen LogP contribution in [-0.2, 0) is 16.4 Å². The number of hydrogen-bond acceptors (Lipinski definition) is 4. The molecule has 0 aromatic heterocycles. The topological polar surface area (TPSA) is 77.0 Å². The van der Waals surface area contributed by atoms with Crippen molar-refractivity contribution in [3.8, 4) is 0 Å². The molecule has 1 aromatic carbocycles. The molecule has 0 bridgehead atoms. The number of guanidine groups is 1. The SMILES string of the molecule is CN=C(NCCc1ccc(N(C)C)cc1)NCC1CCN(S(=O)(=O)C(F)(F)F)CC1.I. The van der Waals surface area contributed by atoms with Crippen LogP contribution in [0.15, 0.2) is 29.3 Å². The summed E-state index contributed by atoms with van der Waals surface area (Å²) in [6.45, 7) is 0.965. The van der Waals surface area contributed by atoms with Gasteiger partial charge >= 0.3 is 15.5 Å². The number of piperidine rings is 1. The molecule has 0 atom stereocenters. The highest BCUT2D eigenvalue weighted by atomic mass is 127. The number of rotatable bonds is 7. The quantitative estimate of drug-likeness (QED) is 0.296. The van der Waals surface area contributed by atoms with E-state index < -0.39 is 15.5 Å². The van der Waals surface area contributed by atoms with Crippen LogP contribution in [0.4, 0.5) is 18.9 Å². The number of hydrogen-bond donors (Lipinski definition) is 2. The van der Waals surface area contributed by atoms with E-state index in [1.807, 2.05) is 19.0 Å². The number of halogens is 4. The monoisotopic (exact) mass is 577 g/mol. The molecule has 1 heterocycles. The first-order valence-corrected chi connectivity index (χ1v) is 11.3. The lowest BCUT2D eigenvalue weighted by atomic mass is 9.98. The van der Waals surface area contributed by atoms with Gasteiger partial charge in [0.15, 0.2) is 5.96 Å². The highest BCUT2D eigenvalue weighted by Gasteiger charge is 2.50. The Kier molecular flexibility index (Phi) is 10.8. The molecular weight excluding hydrogens is 546 g/mol. The van der Waals surface area contributed by atoms with Crippen LogP contribution in [0.3, 0.4) is 0 Å². The molecule has 7 nitrogen and oxygen atoms in total. The van der Waals surface area contributed by atoms with Gasteiger partial charge < -0.3 is 15.5 Å². The minimum Gasteiger partial charge on any atom is -0.378 e. The van der Waals surface area contributed by atoms with Gasteiger partial charge in [-0.1, -0.05) is 12.1 Å². The lowest BCUT2D eigenvalue weighted by Crippen LogP contribution is -2.47. The molecule has 0 radical (unpaired) electrons. The smallest absolute Gasteiger partial charge is 0.378 e. The average Bonchev–Trinajstić information content (AvgIpc) is 2.70. The fraction of sp³-hybridized carbons (Fsp3) is 0.632. The van der Waals surface area contributed by atoms with E-state index in [1.54, 1.807) is 7.05 Å². The average molecular weight is 577 g/mol. The molecule has 0 spiro atoms. The van der Waals surface area contributed by atoms with Gasteiger partial charge in [0, 0.05) is 53.0 Å². The van der Waals surface area contributed by atoms with E-state index in [0.717, 1.165) is 12.1 Å². The summed E-state index contributed by atoms with van der Waals surface area (Å²) in [4.78, 5) is 6.20. The molecule has 12 heteroatoms. The van der Waals surface area contributed by atoms with E-state index in [9.17, 15) is 21.6 Å². The van der Waals surface area contributed by atoms with Gasteiger partial charge in [0.2, 0.25) is 0 Å². The lowest BCUT2D eigenvalue weighted by molar-refractivity contribution is -0.0496. The number of anilines is 1. The number of benzene rings is 1. The second-order valence-corrected chi connectivity index (χ2v) is 9.41. The summed E-state index contributed by atoms with van der Waals surface area (Å²) >= 11 is 0. The Labute approximate surface area is 199 Å². The second-order valence-electron chi connectivity index (χ2n) is 7.48. The van der Waals surface area contributed by atoms with Crippen molar-refractivity contribution in [3.63, 3.8) is 0 Å². The van der Waals surface area contributed by atoms with Gasteiger partial charge in [-0.05, 0) is 42.9 Å². The molecule has 0 saturated carbocycles. The molecule has 178 valence electrons. The van der Waals surface area contributed by atoms with Crippen molar-refractivity contribution < 1.29 is 21.6 Å². The van der Waals surface area contributed by atoms with Gasteiger partial charge in [-0.2, -0.15) is 17.5 Å². The number of aliphatic imine (C=N–C) groups is 1. The third-order valence-corrected chi connectivity index (χ3v) is 6.78. The molecule has 0 aliphatic carbocycles. The summed E-state index contributed by atoms with van der Waals surface area (Å²) in [5.41, 5.74) is -2.91. The first-order valence-electron chi connectivity index (χ1n) is 9.82. The minimum atomic E-state index is -5.24. The number of nitrogens with one attached hydrogen (secondary N) is 2. The van der Waals surface area contributed by atoms with Crippen LogP contribution in [0.25, 0.3) is 0 Å². The van der Waals surface area contributed by atoms with Crippen molar-refractivity contribution in [2.24, 2.45) is 10.9 Å². The van der Waals surface area contributed by atoms with Crippen LogP contribution in [0.2, 0.25) is 0 Å². The Balaban J connectivity index is 0.00000480. The van der Waals surface area contributed by atoms with E-state index in [2.05, 4.69) is 39.9 Å². The van der Waals surface area contributed by atoms with E-state index in [1.165, 1.54) is 5.56 Å². The summed E-state index contributed by atoms with van der Waals surface area (Å²) in [5, 5.41) is 6.40. The van der Waals surface area contributed by atoms with Crippen LogP contribution < -0.4 is 15.5 Å². The maximum Gasteiger partial charge on any atom is 0.511 e. The Bertz CT molecular complexity index is 809. The molecule has 31 heavy (non-hydrogen) atoms. The Morgan fingerprint density at radius 3 is 2.23 bits per heavy atom. The first-order chi connectivity index (χ1) is 14.0. The van der Waals surface area contributed by atoms with E-state index in [-0.39, 0.29) is 43.0 Å². The highest BCUT2D eigenvalue weighted by molar-refractivity contribution is 14.0. The maximum atomic E-state index is 12.6. The van der Waals surface area contributed by atoms with Gasteiger partial charge in [0.1, 0.15) is 0 Å². The third kappa shape index (κ3) is 7.97. The largest absolute Gasteiger partial charge is 0.511 e. The molecule has 0 amide bonds. The molecule has 1 aliphatic heterocycles. The highest BCUT2D eigenvalue weighted by Crippen LogP contribution is 2.30. The Morgan fingerprint density at radius 1 is 1.16 bits per heavy atom. The van der Waals surface area contributed by atoms with E-state index in [4.69, 9.17) is 0 Å². The molecule has 0 unspecified atom stereocenters. The van der Waals surface area contributed by atoms with Crippen molar-refractivity contribution in [3.05, 3.63) is 29.8 Å². The second kappa shape index (κ2) is 12.1. The molecule has 2 rings (SSSR count). The molecule has 2 N–H and O–H groups in total. The number of sulfonamides is 1. The summed E-state index contributed by atoms with van der Waals surface area (Å²) in [7, 11) is 0.405. The number of nitrogens with zero attached hydrogens (tertiary/aromatic N) is 3. The number of alkyl halides is 3. The molecule has 1 aliphatic rings. The van der Waals surface area contributed by atoms with Gasteiger partial charge in [-0.15, -0.1) is 24.0 Å². The van der Waals surface area contributed by atoms with Crippen LogP contribution >= 0.6 is 24.0 Å². The van der Waals surface area contributed by atoms with Crippen molar-refractivity contribution in [1.29, 1.82) is 0 Å². The van der Waals surface area contributed by atoms with Crippen LogP contribution in [0.1, 0.15) is 18.4 Å². The zero-order chi connectivity index (χ0) is 22.4. The Morgan fingerprint density at radius 2 is 1.74 bits per heavy atom. The van der Waals surface area contributed by atoms with Gasteiger partial charge in [0.25, 0.3) is 0 Å². The van der Waals surface area contributed by atoms with Crippen LogP contribution in [-0.4, -0.2) is 71.5 Å². The minimum absolute atomic E-state index is 0. The van der Waals surface area contributed by atoms with Gasteiger partial charge in [0.05, 0.1) is 0 Å². The van der Waals surface area contributed by atoms with E-state index in [0.29, 0.717) is 36.2 Å². The normalized spacial score (nSPS) is 16.5. The van der Waals surface area contributed by atoms with E-state index >= 15 is 0 Å². The zero-order valence-corrected chi connectivity index (χ0v) is 21.1. The van der Waals surface area contributed by atoms with Crippen molar-refractivity contribution >= 4 is 45.6 Å². The maximum absolute atomic E-state index is 12.6. The van der Waals surface area contributed by atoms with Crippen molar-refractivity contribution in [1.82, 2.24) is 14.9 Å². The molecule has 1 aromatic rings. The summed E-state index contributed by atoms with van der Waals surface area (Å²) in [6, 6.07) is 8.29. The zero-order valence-electron chi connectivity index (χ0n) is 17.9. The van der Waals surface area contributed by atoms with Crippen LogP contribution in [0.5, 0.6) is 0 Å².